The van der Waals surface area contributed by atoms with E-state index in [9.17, 15) is 9.90 Å². The van der Waals surface area contributed by atoms with Gasteiger partial charge in [0.15, 0.2) is 5.69 Å². The molecule has 0 saturated heterocycles. The topological polar surface area (TPSA) is 71.2 Å². The molecule has 32 heavy (non-hydrogen) atoms. The van der Waals surface area contributed by atoms with Crippen LogP contribution in [0.1, 0.15) is 45.7 Å². The van der Waals surface area contributed by atoms with Gasteiger partial charge < -0.3 is 10.0 Å². The van der Waals surface area contributed by atoms with Crippen LogP contribution in [0.5, 0.6) is 0 Å². The SMILES string of the molecule is CN(CC[C@H](O)c1ccccc1)C(=O)c1cn(C(c2ccccc2)c2ccccc2)nn1. The van der Waals surface area contributed by atoms with Gasteiger partial charge in [-0.2, -0.15) is 0 Å². The van der Waals surface area contributed by atoms with E-state index in [1.807, 2.05) is 91.0 Å². The predicted molar refractivity (Wildman–Crippen MR) is 123 cm³/mol. The number of aliphatic hydroxyl groups is 1. The fourth-order valence-electron chi connectivity index (χ4n) is 3.72. The Bertz CT molecular complexity index is 1090. The molecule has 1 aromatic heterocycles. The maximum Gasteiger partial charge on any atom is 0.275 e. The first kappa shape index (κ1) is 21.5. The van der Waals surface area contributed by atoms with E-state index < -0.39 is 6.10 Å². The quantitative estimate of drug-likeness (QED) is 0.460. The largest absolute Gasteiger partial charge is 0.388 e. The van der Waals surface area contributed by atoms with Crippen LogP contribution in [0.25, 0.3) is 0 Å². The van der Waals surface area contributed by atoms with Gasteiger partial charge in [-0.1, -0.05) is 96.2 Å². The number of amides is 1. The summed E-state index contributed by atoms with van der Waals surface area (Å²) in [5.74, 6) is -0.226. The van der Waals surface area contributed by atoms with Crippen LogP contribution in [0, 0.1) is 0 Å². The minimum absolute atomic E-state index is 0.184. The summed E-state index contributed by atoms with van der Waals surface area (Å²) in [6.45, 7) is 0.405. The standard InChI is InChI=1S/C26H26N4O2/c1-29(18-17-24(31)20-11-5-2-6-12-20)26(32)23-19-30(28-27-23)25(21-13-7-3-8-14-21)22-15-9-4-10-16-22/h2-16,19,24-25,31H,17-18H2,1H3/t24-/m0/s1. The molecule has 0 aliphatic heterocycles. The van der Waals surface area contributed by atoms with E-state index in [0.717, 1.165) is 16.7 Å². The van der Waals surface area contributed by atoms with E-state index in [4.69, 9.17) is 0 Å². The van der Waals surface area contributed by atoms with Crippen molar-refractivity contribution < 1.29 is 9.90 Å². The molecule has 0 fully saturated rings. The van der Waals surface area contributed by atoms with Crippen molar-refractivity contribution in [3.63, 3.8) is 0 Å². The first-order valence-corrected chi connectivity index (χ1v) is 10.6. The highest BCUT2D eigenvalue weighted by molar-refractivity contribution is 5.91. The van der Waals surface area contributed by atoms with Crippen LogP contribution in [0.15, 0.2) is 97.2 Å². The van der Waals surface area contributed by atoms with Crippen LogP contribution < -0.4 is 0 Å². The van der Waals surface area contributed by atoms with E-state index in [0.29, 0.717) is 13.0 Å². The summed E-state index contributed by atoms with van der Waals surface area (Å²) in [7, 11) is 1.71. The van der Waals surface area contributed by atoms with E-state index in [1.54, 1.807) is 22.8 Å². The van der Waals surface area contributed by atoms with Gasteiger partial charge in [-0.05, 0) is 23.1 Å². The number of hydrogen-bond acceptors (Lipinski definition) is 4. The molecule has 6 heteroatoms. The van der Waals surface area contributed by atoms with Crippen LogP contribution in [-0.2, 0) is 0 Å². The third-order valence-corrected chi connectivity index (χ3v) is 5.49. The maximum atomic E-state index is 12.9. The Morgan fingerprint density at radius 2 is 1.38 bits per heavy atom. The Morgan fingerprint density at radius 3 is 1.91 bits per heavy atom. The first-order valence-electron chi connectivity index (χ1n) is 10.6. The number of carbonyl (C=O) groups excluding carboxylic acids is 1. The van der Waals surface area contributed by atoms with Crippen molar-refractivity contribution in [1.29, 1.82) is 0 Å². The molecule has 1 N–H and O–H groups in total. The van der Waals surface area contributed by atoms with Gasteiger partial charge in [-0.3, -0.25) is 4.79 Å². The Morgan fingerprint density at radius 1 is 0.875 bits per heavy atom. The third kappa shape index (κ3) is 4.92. The molecule has 4 aromatic rings. The van der Waals surface area contributed by atoms with Crippen molar-refractivity contribution in [3.05, 3.63) is 120 Å². The van der Waals surface area contributed by atoms with Crippen LogP contribution in [0.3, 0.4) is 0 Å². The fourth-order valence-corrected chi connectivity index (χ4v) is 3.72. The second-order valence-corrected chi connectivity index (χ2v) is 7.75. The van der Waals surface area contributed by atoms with Crippen molar-refractivity contribution in [3.8, 4) is 0 Å². The molecule has 1 atom stereocenters. The van der Waals surface area contributed by atoms with Gasteiger partial charge in [0.1, 0.15) is 6.04 Å². The lowest BCUT2D eigenvalue weighted by Gasteiger charge is -2.19. The zero-order chi connectivity index (χ0) is 22.3. The predicted octanol–water partition coefficient (Wildman–Crippen LogP) is 4.11. The molecule has 3 aromatic carbocycles. The number of nitrogens with zero attached hydrogens (tertiary/aromatic N) is 4. The molecule has 0 bridgehead atoms. The monoisotopic (exact) mass is 426 g/mol. The highest BCUT2D eigenvalue weighted by atomic mass is 16.3. The van der Waals surface area contributed by atoms with Crippen LogP contribution in [-0.4, -0.2) is 44.5 Å². The molecule has 0 spiro atoms. The second-order valence-electron chi connectivity index (χ2n) is 7.75. The minimum atomic E-state index is -0.623. The number of aliphatic hydroxyl groups excluding tert-OH is 1. The lowest BCUT2D eigenvalue weighted by Crippen LogP contribution is -2.29. The van der Waals surface area contributed by atoms with Crippen molar-refractivity contribution in [2.75, 3.05) is 13.6 Å². The van der Waals surface area contributed by atoms with Gasteiger partial charge in [0.25, 0.3) is 5.91 Å². The molecule has 0 unspecified atom stereocenters. The number of hydrogen-bond donors (Lipinski definition) is 1. The lowest BCUT2D eigenvalue weighted by atomic mass is 9.99. The summed E-state index contributed by atoms with van der Waals surface area (Å²) in [5, 5.41) is 18.8. The zero-order valence-electron chi connectivity index (χ0n) is 18.0. The Hall–Kier alpha value is -3.77. The van der Waals surface area contributed by atoms with Gasteiger partial charge >= 0.3 is 0 Å². The number of benzene rings is 3. The molecule has 162 valence electrons. The summed E-state index contributed by atoms with van der Waals surface area (Å²) in [6, 6.07) is 29.3. The normalized spacial score (nSPS) is 12.0. The van der Waals surface area contributed by atoms with Gasteiger partial charge in [0.2, 0.25) is 0 Å². The highest BCUT2D eigenvalue weighted by Gasteiger charge is 2.22. The minimum Gasteiger partial charge on any atom is -0.388 e. The molecule has 0 aliphatic carbocycles. The van der Waals surface area contributed by atoms with Gasteiger partial charge in [-0.15, -0.1) is 5.10 Å². The molecule has 0 radical (unpaired) electrons. The molecule has 1 heterocycles. The summed E-state index contributed by atoms with van der Waals surface area (Å²) in [6.07, 6.45) is 1.51. The van der Waals surface area contributed by atoms with Gasteiger partial charge in [-0.25, -0.2) is 4.68 Å². The third-order valence-electron chi connectivity index (χ3n) is 5.49. The molecule has 4 rings (SSSR count). The highest BCUT2D eigenvalue weighted by Crippen LogP contribution is 2.26. The summed E-state index contributed by atoms with van der Waals surface area (Å²) < 4.78 is 1.73. The number of aromatic nitrogens is 3. The summed E-state index contributed by atoms with van der Waals surface area (Å²) in [5.41, 5.74) is 3.23. The van der Waals surface area contributed by atoms with Crippen molar-refractivity contribution in [2.45, 2.75) is 18.6 Å². The number of carbonyl (C=O) groups is 1. The van der Waals surface area contributed by atoms with E-state index in [1.165, 1.54) is 0 Å². The first-order chi connectivity index (χ1) is 15.6. The molecule has 0 aliphatic rings. The molecular formula is C26H26N4O2. The average molecular weight is 427 g/mol. The average Bonchev–Trinajstić information content (AvgIpc) is 3.33. The molecule has 6 nitrogen and oxygen atoms in total. The van der Waals surface area contributed by atoms with Crippen molar-refractivity contribution in [2.24, 2.45) is 0 Å². The van der Waals surface area contributed by atoms with E-state index in [-0.39, 0.29) is 17.6 Å². The van der Waals surface area contributed by atoms with Crippen LogP contribution in [0.4, 0.5) is 0 Å². The van der Waals surface area contributed by atoms with Gasteiger partial charge in [0.05, 0.1) is 12.3 Å². The maximum absolute atomic E-state index is 12.9. The van der Waals surface area contributed by atoms with Crippen molar-refractivity contribution >= 4 is 5.91 Å². The van der Waals surface area contributed by atoms with Crippen molar-refractivity contribution in [1.82, 2.24) is 19.9 Å². The molecule has 1 amide bonds. The molecule has 0 saturated carbocycles. The Balaban J connectivity index is 1.49. The van der Waals surface area contributed by atoms with Gasteiger partial charge in [0, 0.05) is 13.6 Å². The van der Waals surface area contributed by atoms with E-state index in [2.05, 4.69) is 10.3 Å². The Kier molecular flexibility index (Phi) is 6.72. The number of rotatable bonds is 8. The smallest absolute Gasteiger partial charge is 0.275 e. The van der Waals surface area contributed by atoms with Crippen LogP contribution >= 0.6 is 0 Å². The lowest BCUT2D eigenvalue weighted by molar-refractivity contribution is 0.0755. The Labute approximate surface area is 187 Å². The van der Waals surface area contributed by atoms with Crippen LogP contribution in [0.2, 0.25) is 0 Å². The summed E-state index contributed by atoms with van der Waals surface area (Å²) in [4.78, 5) is 14.5. The zero-order valence-corrected chi connectivity index (χ0v) is 18.0. The van der Waals surface area contributed by atoms with E-state index >= 15 is 0 Å². The fraction of sp³-hybridized carbons (Fsp3) is 0.192. The second kappa shape index (κ2) is 10.0. The summed E-state index contributed by atoms with van der Waals surface area (Å²) >= 11 is 0. The molecular weight excluding hydrogens is 400 g/mol.